The number of hydrogen-bond donors (Lipinski definition) is 0. The van der Waals surface area contributed by atoms with Gasteiger partial charge in [-0.1, -0.05) is 15.9 Å². The summed E-state index contributed by atoms with van der Waals surface area (Å²) in [5.74, 6) is 0.0896. The van der Waals surface area contributed by atoms with Crippen molar-refractivity contribution in [1.82, 2.24) is 0 Å². The van der Waals surface area contributed by atoms with Crippen molar-refractivity contribution in [3.05, 3.63) is 29.3 Å². The molecule has 2 nitrogen and oxygen atoms in total. The molecule has 0 aromatic heterocycles. The van der Waals surface area contributed by atoms with Crippen LogP contribution in [0.3, 0.4) is 0 Å². The molecule has 0 bridgehead atoms. The molecule has 1 aliphatic rings. The second-order valence-corrected chi connectivity index (χ2v) is 4.34. The first-order valence-corrected chi connectivity index (χ1v) is 5.25. The van der Waals surface area contributed by atoms with E-state index >= 15 is 0 Å². The molecule has 2 rings (SSSR count). The molecule has 15 heavy (non-hydrogen) atoms. The summed E-state index contributed by atoms with van der Waals surface area (Å²) in [4.78, 5) is 11.3. The van der Waals surface area contributed by atoms with Crippen LogP contribution in [0, 0.1) is 0 Å². The molecule has 1 aliphatic carbocycles. The minimum absolute atomic E-state index is 0.00593. The van der Waals surface area contributed by atoms with Gasteiger partial charge in [0.15, 0.2) is 5.78 Å². The molecule has 0 saturated carbocycles. The average Bonchev–Trinajstić information content (AvgIpc) is 2.41. The smallest absolute Gasteiger partial charge is 0.387 e. The standard InChI is InChI=1S/C10H7BrF2O2/c11-8-4-5-3-6(15-10(12)13)1-2-7(5)9(8)14/h1-3,8,10H,4H2/t8-/m0/s1. The molecule has 5 heteroatoms. The summed E-state index contributed by atoms with van der Waals surface area (Å²) in [6, 6.07) is 4.39. The summed E-state index contributed by atoms with van der Waals surface area (Å²) >= 11 is 3.22. The van der Waals surface area contributed by atoms with Crippen LogP contribution in [-0.4, -0.2) is 17.2 Å². The van der Waals surface area contributed by atoms with Gasteiger partial charge in [0.05, 0.1) is 4.83 Å². The van der Waals surface area contributed by atoms with E-state index in [0.717, 1.165) is 5.56 Å². The zero-order valence-corrected chi connectivity index (χ0v) is 9.13. The average molecular weight is 277 g/mol. The van der Waals surface area contributed by atoms with Crippen molar-refractivity contribution in [2.45, 2.75) is 17.9 Å². The minimum Gasteiger partial charge on any atom is -0.435 e. The van der Waals surface area contributed by atoms with Crippen LogP contribution in [0.5, 0.6) is 5.75 Å². The van der Waals surface area contributed by atoms with E-state index in [1.807, 2.05) is 0 Å². The highest BCUT2D eigenvalue weighted by Gasteiger charge is 2.28. The van der Waals surface area contributed by atoms with E-state index in [1.165, 1.54) is 18.2 Å². The van der Waals surface area contributed by atoms with Gasteiger partial charge in [0.2, 0.25) is 0 Å². The Morgan fingerprint density at radius 2 is 2.20 bits per heavy atom. The molecular formula is C10H7BrF2O2. The Morgan fingerprint density at radius 3 is 2.87 bits per heavy atom. The molecule has 0 radical (unpaired) electrons. The van der Waals surface area contributed by atoms with Crippen LogP contribution < -0.4 is 4.74 Å². The third-order valence-electron chi connectivity index (χ3n) is 2.25. The van der Waals surface area contributed by atoms with Gasteiger partial charge in [0.1, 0.15) is 5.75 Å². The largest absolute Gasteiger partial charge is 0.435 e. The fraction of sp³-hybridized carbons (Fsp3) is 0.300. The number of ketones is 1. The molecule has 0 unspecified atom stereocenters. The number of carbonyl (C=O) groups is 1. The van der Waals surface area contributed by atoms with E-state index in [-0.39, 0.29) is 16.4 Å². The number of Topliss-reactive ketones (excluding diaryl/α,β-unsaturated/α-hetero) is 1. The maximum atomic E-state index is 11.9. The second-order valence-electron chi connectivity index (χ2n) is 3.23. The Bertz CT molecular complexity index is 406. The van der Waals surface area contributed by atoms with Gasteiger partial charge in [-0.2, -0.15) is 8.78 Å². The van der Waals surface area contributed by atoms with Crippen LogP contribution in [0.15, 0.2) is 18.2 Å². The van der Waals surface area contributed by atoms with Crippen LogP contribution in [-0.2, 0) is 6.42 Å². The predicted molar refractivity (Wildman–Crippen MR) is 53.8 cm³/mol. The van der Waals surface area contributed by atoms with Crippen molar-refractivity contribution in [1.29, 1.82) is 0 Å². The fourth-order valence-corrected chi connectivity index (χ4v) is 2.21. The lowest BCUT2D eigenvalue weighted by Gasteiger charge is -2.05. The van der Waals surface area contributed by atoms with Crippen molar-refractivity contribution < 1.29 is 18.3 Å². The van der Waals surface area contributed by atoms with Crippen LogP contribution in [0.25, 0.3) is 0 Å². The normalized spacial score (nSPS) is 19.5. The molecule has 0 heterocycles. The summed E-state index contributed by atoms with van der Waals surface area (Å²) in [5.41, 5.74) is 1.33. The van der Waals surface area contributed by atoms with E-state index in [1.54, 1.807) is 0 Å². The van der Waals surface area contributed by atoms with Crippen LogP contribution in [0.2, 0.25) is 0 Å². The van der Waals surface area contributed by atoms with Gasteiger partial charge in [-0.3, -0.25) is 4.79 Å². The molecule has 0 fully saturated rings. The Hall–Kier alpha value is -0.970. The van der Waals surface area contributed by atoms with Crippen molar-refractivity contribution in [3.63, 3.8) is 0 Å². The number of alkyl halides is 3. The molecular weight excluding hydrogens is 270 g/mol. The number of benzene rings is 1. The molecule has 1 aromatic rings. The maximum Gasteiger partial charge on any atom is 0.387 e. The molecule has 0 N–H and O–H groups in total. The van der Waals surface area contributed by atoms with Crippen LogP contribution in [0.4, 0.5) is 8.78 Å². The highest BCUT2D eigenvalue weighted by molar-refractivity contribution is 9.10. The fourth-order valence-electron chi connectivity index (χ4n) is 1.61. The number of carbonyl (C=O) groups excluding carboxylic acids is 1. The van der Waals surface area contributed by atoms with E-state index in [0.29, 0.717) is 12.0 Å². The first-order chi connectivity index (χ1) is 7.08. The maximum absolute atomic E-state index is 11.9. The highest BCUT2D eigenvalue weighted by Crippen LogP contribution is 2.30. The molecule has 0 saturated heterocycles. The number of halogens is 3. The van der Waals surface area contributed by atoms with E-state index in [2.05, 4.69) is 20.7 Å². The topological polar surface area (TPSA) is 26.3 Å². The van der Waals surface area contributed by atoms with E-state index < -0.39 is 6.61 Å². The van der Waals surface area contributed by atoms with Crippen molar-refractivity contribution in [2.24, 2.45) is 0 Å². The quantitative estimate of drug-likeness (QED) is 0.777. The predicted octanol–water partition coefficient (Wildman–Crippen LogP) is 2.79. The summed E-state index contributed by atoms with van der Waals surface area (Å²) in [6.45, 7) is -2.83. The molecule has 0 amide bonds. The lowest BCUT2D eigenvalue weighted by Crippen LogP contribution is -2.05. The number of hydrogen-bond acceptors (Lipinski definition) is 2. The number of ether oxygens (including phenoxy) is 1. The number of fused-ring (bicyclic) bond motifs is 1. The zero-order valence-electron chi connectivity index (χ0n) is 7.54. The summed E-state index contributed by atoms with van der Waals surface area (Å²) in [6.07, 6.45) is 0.522. The molecule has 0 spiro atoms. The third-order valence-corrected chi connectivity index (χ3v) is 2.99. The molecule has 1 atom stereocenters. The van der Waals surface area contributed by atoms with Crippen LogP contribution >= 0.6 is 15.9 Å². The molecule has 0 aliphatic heterocycles. The van der Waals surface area contributed by atoms with Gasteiger partial charge in [0.25, 0.3) is 0 Å². The van der Waals surface area contributed by atoms with Gasteiger partial charge in [-0.25, -0.2) is 0 Å². The van der Waals surface area contributed by atoms with E-state index in [4.69, 9.17) is 0 Å². The summed E-state index contributed by atoms with van der Waals surface area (Å²) in [5, 5.41) is 0. The Balaban J connectivity index is 2.29. The monoisotopic (exact) mass is 276 g/mol. The van der Waals surface area contributed by atoms with Gasteiger partial charge in [-0.15, -0.1) is 0 Å². The molecule has 1 aromatic carbocycles. The lowest BCUT2D eigenvalue weighted by atomic mass is 10.1. The van der Waals surface area contributed by atoms with E-state index in [9.17, 15) is 13.6 Å². The molecule has 80 valence electrons. The SMILES string of the molecule is O=C1c2ccc(OC(F)F)cc2C[C@@H]1Br. The zero-order chi connectivity index (χ0) is 11.0. The van der Waals surface area contributed by atoms with Crippen molar-refractivity contribution in [2.75, 3.05) is 0 Å². The number of rotatable bonds is 2. The van der Waals surface area contributed by atoms with Crippen LogP contribution in [0.1, 0.15) is 15.9 Å². The van der Waals surface area contributed by atoms with Crippen molar-refractivity contribution in [3.8, 4) is 5.75 Å². The summed E-state index contributed by atoms with van der Waals surface area (Å²) in [7, 11) is 0. The lowest BCUT2D eigenvalue weighted by molar-refractivity contribution is -0.0498. The Kier molecular flexibility index (Phi) is 2.73. The highest BCUT2D eigenvalue weighted by atomic mass is 79.9. The first kappa shape index (κ1) is 10.5. The van der Waals surface area contributed by atoms with Gasteiger partial charge in [0, 0.05) is 5.56 Å². The van der Waals surface area contributed by atoms with Gasteiger partial charge >= 0.3 is 6.61 Å². The second kappa shape index (κ2) is 3.89. The Morgan fingerprint density at radius 1 is 1.47 bits per heavy atom. The van der Waals surface area contributed by atoms with Crippen molar-refractivity contribution >= 4 is 21.7 Å². The van der Waals surface area contributed by atoms with Gasteiger partial charge in [-0.05, 0) is 30.2 Å². The van der Waals surface area contributed by atoms with Gasteiger partial charge < -0.3 is 4.74 Å². The third kappa shape index (κ3) is 2.02. The minimum atomic E-state index is -2.83. The Labute approximate surface area is 93.4 Å². The first-order valence-electron chi connectivity index (χ1n) is 4.34. The summed E-state index contributed by atoms with van der Waals surface area (Å²) < 4.78 is 28.1.